The Bertz CT molecular complexity index is 666. The number of fused-ring (bicyclic) bond motifs is 1. The first-order valence-electron chi connectivity index (χ1n) is 10.5. The molecule has 1 aromatic rings. The third kappa shape index (κ3) is 5.90. The van der Waals surface area contributed by atoms with Crippen LogP contribution in [0.25, 0.3) is 0 Å². The number of hydrogen-bond donors (Lipinski definition) is 3. The van der Waals surface area contributed by atoms with Crippen molar-refractivity contribution in [3.05, 3.63) is 30.1 Å². The Morgan fingerprint density at radius 3 is 2.76 bits per heavy atom. The van der Waals surface area contributed by atoms with Crippen molar-refractivity contribution >= 4 is 5.97 Å². The highest BCUT2D eigenvalue weighted by Gasteiger charge is 2.54. The van der Waals surface area contributed by atoms with Crippen molar-refractivity contribution in [2.45, 2.75) is 69.2 Å². The van der Waals surface area contributed by atoms with E-state index in [1.165, 1.54) is 24.3 Å². The average molecular weight is 410 g/mol. The Morgan fingerprint density at radius 1 is 1.28 bits per heavy atom. The molecule has 2 aliphatic carbocycles. The van der Waals surface area contributed by atoms with Gasteiger partial charge in [0.1, 0.15) is 18.2 Å². The number of benzene rings is 1. The van der Waals surface area contributed by atoms with E-state index in [-0.39, 0.29) is 36.8 Å². The minimum Gasteiger partial charge on any atom is -0.491 e. The minimum absolute atomic E-state index is 0.0201. The fraction of sp³-hybridized carbons (Fsp3) is 0.682. The van der Waals surface area contributed by atoms with Crippen LogP contribution in [0.4, 0.5) is 4.39 Å². The van der Waals surface area contributed by atoms with E-state index >= 15 is 0 Å². The third-order valence-corrected chi connectivity index (χ3v) is 6.37. The largest absolute Gasteiger partial charge is 0.491 e. The van der Waals surface area contributed by atoms with Crippen LogP contribution in [0, 0.1) is 17.7 Å². The molecule has 0 bridgehead atoms. The molecule has 2 fully saturated rings. The van der Waals surface area contributed by atoms with E-state index in [0.29, 0.717) is 38.0 Å². The number of aliphatic hydroxyl groups excluding tert-OH is 1. The summed E-state index contributed by atoms with van der Waals surface area (Å²) in [5, 5.41) is 30.2. The molecule has 0 radical (unpaired) electrons. The number of hydrogen-bond acceptors (Lipinski definition) is 5. The number of rotatable bonds is 11. The van der Waals surface area contributed by atoms with Crippen molar-refractivity contribution in [1.82, 2.24) is 0 Å². The quantitative estimate of drug-likeness (QED) is 0.485. The van der Waals surface area contributed by atoms with Crippen molar-refractivity contribution < 1.29 is 34.0 Å². The molecule has 162 valence electrons. The van der Waals surface area contributed by atoms with Gasteiger partial charge in [-0.3, -0.25) is 4.79 Å². The van der Waals surface area contributed by atoms with Gasteiger partial charge in [0.15, 0.2) is 0 Å². The Kier molecular flexibility index (Phi) is 7.49. The number of carboxylic acids is 1. The van der Waals surface area contributed by atoms with Gasteiger partial charge < -0.3 is 24.8 Å². The lowest BCUT2D eigenvalue weighted by molar-refractivity contribution is -0.137. The molecule has 3 N–H and O–H groups in total. The zero-order chi connectivity index (χ0) is 20.9. The SMILES string of the molecule is O=C(O)CCCOC1C[C@@H]2CC[C@H](CCC(O)COc3ccc(F)cc3)[C@]2(O)C1. The summed E-state index contributed by atoms with van der Waals surface area (Å²) in [4.78, 5) is 10.6. The van der Waals surface area contributed by atoms with Gasteiger partial charge in [-0.25, -0.2) is 4.39 Å². The number of carbonyl (C=O) groups is 1. The molecule has 29 heavy (non-hydrogen) atoms. The van der Waals surface area contributed by atoms with Crippen LogP contribution in [-0.4, -0.2) is 52.3 Å². The topological polar surface area (TPSA) is 96.2 Å². The van der Waals surface area contributed by atoms with Gasteiger partial charge in [0.25, 0.3) is 0 Å². The first-order chi connectivity index (χ1) is 13.9. The van der Waals surface area contributed by atoms with Gasteiger partial charge in [0, 0.05) is 19.4 Å². The fourth-order valence-electron chi connectivity index (χ4n) is 4.85. The first kappa shape index (κ1) is 22.0. The molecule has 0 aliphatic heterocycles. The normalized spacial score (nSPS) is 29.6. The molecule has 2 unspecified atom stereocenters. The molecule has 0 heterocycles. The molecule has 7 heteroatoms. The molecule has 5 atom stereocenters. The van der Waals surface area contributed by atoms with Gasteiger partial charge in [0.2, 0.25) is 0 Å². The number of halogens is 1. The van der Waals surface area contributed by atoms with Crippen molar-refractivity contribution in [3.8, 4) is 5.75 Å². The maximum atomic E-state index is 12.9. The van der Waals surface area contributed by atoms with Crippen LogP contribution in [0.1, 0.15) is 51.4 Å². The molecule has 0 saturated heterocycles. The van der Waals surface area contributed by atoms with Crippen LogP contribution >= 0.6 is 0 Å². The highest BCUT2D eigenvalue weighted by molar-refractivity contribution is 5.66. The van der Waals surface area contributed by atoms with E-state index in [0.717, 1.165) is 19.3 Å². The van der Waals surface area contributed by atoms with E-state index < -0.39 is 17.7 Å². The van der Waals surface area contributed by atoms with Crippen molar-refractivity contribution in [2.24, 2.45) is 11.8 Å². The molecule has 0 amide bonds. The van der Waals surface area contributed by atoms with Gasteiger partial charge >= 0.3 is 5.97 Å². The lowest BCUT2D eigenvalue weighted by Crippen LogP contribution is -2.37. The van der Waals surface area contributed by atoms with E-state index in [2.05, 4.69) is 0 Å². The average Bonchev–Trinajstić information content (AvgIpc) is 3.15. The molecule has 2 saturated carbocycles. The maximum absolute atomic E-state index is 12.9. The molecule has 3 rings (SSSR count). The Balaban J connectivity index is 1.39. The minimum atomic E-state index is -0.822. The van der Waals surface area contributed by atoms with Crippen molar-refractivity contribution in [1.29, 1.82) is 0 Å². The van der Waals surface area contributed by atoms with Crippen LogP contribution in [0.15, 0.2) is 24.3 Å². The van der Waals surface area contributed by atoms with Gasteiger partial charge in [-0.2, -0.15) is 0 Å². The summed E-state index contributed by atoms with van der Waals surface area (Å²) in [6, 6.07) is 5.69. The van der Waals surface area contributed by atoms with Crippen LogP contribution in [0.5, 0.6) is 5.75 Å². The summed E-state index contributed by atoms with van der Waals surface area (Å²) < 4.78 is 24.2. The summed E-state index contributed by atoms with van der Waals surface area (Å²) in [5.41, 5.74) is -0.755. The van der Waals surface area contributed by atoms with Crippen LogP contribution in [-0.2, 0) is 9.53 Å². The second kappa shape index (κ2) is 9.87. The smallest absolute Gasteiger partial charge is 0.303 e. The van der Waals surface area contributed by atoms with Crippen LogP contribution in [0.3, 0.4) is 0 Å². The van der Waals surface area contributed by atoms with Gasteiger partial charge in [-0.05, 0) is 74.6 Å². The highest BCUT2D eigenvalue weighted by atomic mass is 19.1. The third-order valence-electron chi connectivity index (χ3n) is 6.37. The zero-order valence-corrected chi connectivity index (χ0v) is 16.6. The summed E-state index contributed by atoms with van der Waals surface area (Å²) in [7, 11) is 0. The first-order valence-corrected chi connectivity index (χ1v) is 10.5. The molecule has 1 aromatic carbocycles. The molecule has 0 spiro atoms. The number of ether oxygens (including phenoxy) is 2. The van der Waals surface area contributed by atoms with E-state index in [9.17, 15) is 19.4 Å². The van der Waals surface area contributed by atoms with Crippen LogP contribution in [0.2, 0.25) is 0 Å². The van der Waals surface area contributed by atoms with Crippen LogP contribution < -0.4 is 4.74 Å². The number of carboxylic acid groups (broad SMARTS) is 1. The lowest BCUT2D eigenvalue weighted by atomic mass is 9.83. The Hall–Kier alpha value is -1.70. The standard InChI is InChI=1S/C22H31FO6/c23-17-6-9-19(10-7-17)29-14-18(24)8-5-15-3-4-16-12-20(13-22(15,16)27)28-11-1-2-21(25)26/h6-7,9-10,15-16,18,20,24,27H,1-5,8,11-14H2,(H,25,26)/t15-,16+,18?,20?,22-/m1/s1. The van der Waals surface area contributed by atoms with Gasteiger partial charge in [-0.15, -0.1) is 0 Å². The molecule has 2 aliphatic rings. The maximum Gasteiger partial charge on any atom is 0.303 e. The van der Waals surface area contributed by atoms with Gasteiger partial charge in [0.05, 0.1) is 17.8 Å². The van der Waals surface area contributed by atoms with Gasteiger partial charge in [-0.1, -0.05) is 0 Å². The number of aliphatic hydroxyl groups is 2. The molecule has 0 aromatic heterocycles. The summed E-state index contributed by atoms with van der Waals surface area (Å²) >= 11 is 0. The van der Waals surface area contributed by atoms with Crippen molar-refractivity contribution in [2.75, 3.05) is 13.2 Å². The second-order valence-corrected chi connectivity index (χ2v) is 8.39. The summed E-state index contributed by atoms with van der Waals surface area (Å²) in [6.45, 7) is 0.541. The summed E-state index contributed by atoms with van der Waals surface area (Å²) in [5.74, 6) is -0.297. The molecular weight excluding hydrogens is 379 g/mol. The predicted molar refractivity (Wildman–Crippen MR) is 104 cm³/mol. The second-order valence-electron chi connectivity index (χ2n) is 8.39. The zero-order valence-electron chi connectivity index (χ0n) is 16.6. The van der Waals surface area contributed by atoms with E-state index in [1.807, 2.05) is 0 Å². The number of aliphatic carboxylic acids is 1. The molecule has 6 nitrogen and oxygen atoms in total. The Morgan fingerprint density at radius 2 is 2.03 bits per heavy atom. The highest BCUT2D eigenvalue weighted by Crippen LogP contribution is 2.53. The monoisotopic (exact) mass is 410 g/mol. The fourth-order valence-corrected chi connectivity index (χ4v) is 4.85. The lowest BCUT2D eigenvalue weighted by Gasteiger charge is -2.31. The Labute approximate surface area is 170 Å². The summed E-state index contributed by atoms with van der Waals surface area (Å²) in [6.07, 6.45) is 4.46. The molecular formula is C22H31FO6. The van der Waals surface area contributed by atoms with Crippen molar-refractivity contribution in [3.63, 3.8) is 0 Å². The van der Waals surface area contributed by atoms with E-state index in [4.69, 9.17) is 14.6 Å². The van der Waals surface area contributed by atoms with E-state index in [1.54, 1.807) is 0 Å². The predicted octanol–water partition coefficient (Wildman–Crippen LogP) is 3.15.